The summed E-state index contributed by atoms with van der Waals surface area (Å²) in [6.45, 7) is 0.219. The monoisotopic (exact) mass is 432 g/mol. The highest BCUT2D eigenvalue weighted by Crippen LogP contribution is 2.20. The topological polar surface area (TPSA) is 195 Å². The van der Waals surface area contributed by atoms with E-state index in [2.05, 4.69) is 25.3 Å². The summed E-state index contributed by atoms with van der Waals surface area (Å²) in [7, 11) is -1.60. The number of pyridine rings is 1. The van der Waals surface area contributed by atoms with Gasteiger partial charge in [-0.05, 0) is 23.2 Å². The first kappa shape index (κ1) is 20.9. The highest BCUT2D eigenvalue weighted by molar-refractivity contribution is 6.58. The van der Waals surface area contributed by atoms with E-state index in [0.29, 0.717) is 11.0 Å². The number of nitrogens with one attached hydrogen (secondary N) is 1. The third-order valence-electron chi connectivity index (χ3n) is 4.59. The Morgan fingerprint density at radius 2 is 1.88 bits per heavy atom. The van der Waals surface area contributed by atoms with Gasteiger partial charge in [-0.3, -0.25) is 14.0 Å². The minimum atomic E-state index is -1.60. The molecular formula is C19H17BN8O4. The molecule has 0 aliphatic heterocycles. The van der Waals surface area contributed by atoms with Crippen molar-refractivity contribution in [3.8, 4) is 11.6 Å². The first-order valence-electron chi connectivity index (χ1n) is 9.34. The fourth-order valence-electron chi connectivity index (χ4n) is 3.11. The zero-order chi connectivity index (χ0) is 22.8. The predicted molar refractivity (Wildman–Crippen MR) is 115 cm³/mol. The van der Waals surface area contributed by atoms with E-state index in [1.54, 1.807) is 47.0 Å². The number of aromatic nitrogens is 5. The smallest absolute Gasteiger partial charge is 0.423 e. The van der Waals surface area contributed by atoms with Gasteiger partial charge in [-0.25, -0.2) is 9.97 Å². The van der Waals surface area contributed by atoms with Gasteiger partial charge < -0.3 is 26.8 Å². The Labute approximate surface area is 181 Å². The van der Waals surface area contributed by atoms with Crippen LogP contribution in [0.3, 0.4) is 0 Å². The van der Waals surface area contributed by atoms with Crippen LogP contribution in [0.1, 0.15) is 26.5 Å². The van der Waals surface area contributed by atoms with Crippen molar-refractivity contribution in [3.05, 3.63) is 65.7 Å². The molecule has 13 heteroatoms. The van der Waals surface area contributed by atoms with Crippen LogP contribution in [0.25, 0.3) is 17.2 Å². The Morgan fingerprint density at radius 1 is 1.06 bits per heavy atom. The zero-order valence-corrected chi connectivity index (χ0v) is 16.5. The van der Waals surface area contributed by atoms with Gasteiger partial charge in [0.1, 0.15) is 0 Å². The Balaban J connectivity index is 1.71. The van der Waals surface area contributed by atoms with Crippen LogP contribution in [0, 0.1) is 0 Å². The minimum absolute atomic E-state index is 0.0532. The summed E-state index contributed by atoms with van der Waals surface area (Å²) in [6.07, 6.45) is 3.10. The van der Waals surface area contributed by atoms with Crippen LogP contribution in [-0.4, -0.2) is 53.3 Å². The molecule has 0 unspecified atom stereocenters. The number of benzene rings is 1. The largest absolute Gasteiger partial charge is 0.488 e. The number of amides is 2. The number of carbonyl (C=O) groups is 2. The number of nitrogens with zero attached hydrogens (tertiary/aromatic N) is 5. The lowest BCUT2D eigenvalue weighted by Crippen LogP contribution is -2.30. The van der Waals surface area contributed by atoms with Gasteiger partial charge >= 0.3 is 7.12 Å². The average Bonchev–Trinajstić information content (AvgIpc) is 3.21. The number of rotatable bonds is 7. The Kier molecular flexibility index (Phi) is 5.49. The number of primary amides is 2. The van der Waals surface area contributed by atoms with Gasteiger partial charge in [-0.2, -0.15) is 9.97 Å². The van der Waals surface area contributed by atoms with Crippen molar-refractivity contribution in [2.24, 2.45) is 11.5 Å². The lowest BCUT2D eigenvalue weighted by atomic mass is 9.80. The van der Waals surface area contributed by atoms with Crippen LogP contribution in [0.5, 0.6) is 0 Å². The molecule has 1 aromatic carbocycles. The molecule has 3 aromatic heterocycles. The summed E-state index contributed by atoms with van der Waals surface area (Å²) in [5, 5.41) is 21.6. The quantitative estimate of drug-likeness (QED) is 0.220. The highest BCUT2D eigenvalue weighted by atomic mass is 16.4. The molecule has 4 aromatic rings. The molecule has 0 spiro atoms. The first-order chi connectivity index (χ1) is 15.3. The minimum Gasteiger partial charge on any atom is -0.423 e. The van der Waals surface area contributed by atoms with Crippen LogP contribution in [0.15, 0.2) is 48.8 Å². The molecule has 7 N–H and O–H groups in total. The molecule has 0 bridgehead atoms. The van der Waals surface area contributed by atoms with Crippen molar-refractivity contribution in [1.82, 2.24) is 24.3 Å². The molecular weight excluding hydrogens is 415 g/mol. The molecule has 0 atom stereocenters. The molecule has 0 fully saturated rings. The van der Waals surface area contributed by atoms with Gasteiger partial charge in [0.25, 0.3) is 11.8 Å². The van der Waals surface area contributed by atoms with E-state index in [1.165, 1.54) is 6.20 Å². The second-order valence-corrected chi connectivity index (χ2v) is 6.77. The number of anilines is 1. The fraction of sp³-hybridized carbons (Fsp3) is 0.0526. The van der Waals surface area contributed by atoms with E-state index in [9.17, 15) is 19.6 Å². The number of fused-ring (bicyclic) bond motifs is 1. The van der Waals surface area contributed by atoms with Gasteiger partial charge in [0.15, 0.2) is 5.82 Å². The number of carbonyl (C=O) groups excluding carboxylic acids is 2. The molecule has 4 rings (SSSR count). The molecule has 0 saturated heterocycles. The lowest BCUT2D eigenvalue weighted by molar-refractivity contribution is 0.0986. The maximum atomic E-state index is 11.8. The number of imidazole rings is 1. The normalized spacial score (nSPS) is 10.8. The van der Waals surface area contributed by atoms with Gasteiger partial charge in [-0.1, -0.05) is 24.3 Å². The molecule has 0 radical (unpaired) electrons. The molecule has 0 saturated carbocycles. The van der Waals surface area contributed by atoms with E-state index in [-0.39, 0.29) is 35.5 Å². The Morgan fingerprint density at radius 3 is 2.59 bits per heavy atom. The van der Waals surface area contributed by atoms with Crippen molar-refractivity contribution in [2.75, 3.05) is 5.32 Å². The maximum absolute atomic E-state index is 11.8. The zero-order valence-electron chi connectivity index (χ0n) is 16.5. The van der Waals surface area contributed by atoms with E-state index >= 15 is 0 Å². The Bertz CT molecular complexity index is 1340. The van der Waals surface area contributed by atoms with E-state index in [1.807, 2.05) is 0 Å². The summed E-state index contributed by atoms with van der Waals surface area (Å²) in [5.41, 5.74) is 12.6. The van der Waals surface area contributed by atoms with Crippen molar-refractivity contribution < 1.29 is 19.6 Å². The highest BCUT2D eigenvalue weighted by Gasteiger charge is 2.18. The molecule has 32 heavy (non-hydrogen) atoms. The van der Waals surface area contributed by atoms with Gasteiger partial charge in [-0.15, -0.1) is 0 Å². The average molecular weight is 432 g/mol. The van der Waals surface area contributed by atoms with Crippen molar-refractivity contribution in [2.45, 2.75) is 6.54 Å². The second-order valence-electron chi connectivity index (χ2n) is 6.77. The molecule has 2 amide bonds. The summed E-state index contributed by atoms with van der Waals surface area (Å²) in [5.74, 6) is -1.39. The SMILES string of the molecule is NC(=O)c1nc(NCc2cccc(B(O)O)c2)nc(-c2ncc3c(C(N)=O)cccn23)n1. The van der Waals surface area contributed by atoms with Crippen molar-refractivity contribution in [3.63, 3.8) is 0 Å². The predicted octanol–water partition coefficient (Wildman–Crippen LogP) is -1.32. The summed E-state index contributed by atoms with van der Waals surface area (Å²) >= 11 is 0. The number of hydrogen-bond acceptors (Lipinski definition) is 9. The van der Waals surface area contributed by atoms with Crippen molar-refractivity contribution >= 4 is 35.9 Å². The molecule has 0 aliphatic rings. The fourth-order valence-corrected chi connectivity index (χ4v) is 3.11. The summed E-state index contributed by atoms with van der Waals surface area (Å²) < 4.78 is 1.57. The van der Waals surface area contributed by atoms with Crippen molar-refractivity contribution in [1.29, 1.82) is 0 Å². The third kappa shape index (κ3) is 4.10. The van der Waals surface area contributed by atoms with Crippen LogP contribution in [0.2, 0.25) is 0 Å². The number of nitrogens with two attached hydrogens (primary N) is 2. The van der Waals surface area contributed by atoms with Gasteiger partial charge in [0, 0.05) is 12.7 Å². The van der Waals surface area contributed by atoms with E-state index in [0.717, 1.165) is 5.56 Å². The van der Waals surface area contributed by atoms with Crippen LogP contribution in [0.4, 0.5) is 5.95 Å². The van der Waals surface area contributed by atoms with E-state index in [4.69, 9.17) is 11.5 Å². The standard InChI is InChI=1S/C19H17BN8O4/c21-14(29)12-5-2-6-28-13(12)9-23-18(28)17-25-16(15(22)30)26-19(27-17)24-8-10-3-1-4-11(7-10)20(31)32/h1-7,9,31-32H,8H2,(H2,21,29)(H2,22,30)(H,24,25,26,27). The summed E-state index contributed by atoms with van der Waals surface area (Å²) in [4.78, 5) is 40.2. The second kappa shape index (κ2) is 8.41. The third-order valence-corrected chi connectivity index (χ3v) is 4.59. The molecule has 12 nitrogen and oxygen atoms in total. The van der Waals surface area contributed by atoms with Gasteiger partial charge in [0.05, 0.1) is 17.3 Å². The number of hydrogen-bond donors (Lipinski definition) is 5. The van der Waals surface area contributed by atoms with Crippen LogP contribution in [-0.2, 0) is 6.54 Å². The molecule has 160 valence electrons. The first-order valence-corrected chi connectivity index (χ1v) is 9.34. The van der Waals surface area contributed by atoms with Crippen LogP contribution >= 0.6 is 0 Å². The van der Waals surface area contributed by atoms with Crippen LogP contribution < -0.4 is 22.2 Å². The maximum Gasteiger partial charge on any atom is 0.488 e. The van der Waals surface area contributed by atoms with Gasteiger partial charge in [0.2, 0.25) is 17.6 Å². The van der Waals surface area contributed by atoms with E-state index < -0.39 is 18.9 Å². The lowest BCUT2D eigenvalue weighted by Gasteiger charge is -2.09. The summed E-state index contributed by atoms with van der Waals surface area (Å²) in [6, 6.07) is 9.80. The molecule has 3 heterocycles. The molecule has 0 aliphatic carbocycles. The Hall–Kier alpha value is -4.36.